The van der Waals surface area contributed by atoms with E-state index >= 15 is 0 Å². The molecule has 2 heteroatoms. The molecule has 3 atom stereocenters. The molecule has 0 heterocycles. The summed E-state index contributed by atoms with van der Waals surface area (Å²) in [5.74, 6) is 1.95. The van der Waals surface area contributed by atoms with Crippen LogP contribution >= 0.6 is 0 Å². The molecule has 0 aliphatic heterocycles. The highest BCUT2D eigenvalue weighted by Gasteiger charge is 2.46. The van der Waals surface area contributed by atoms with E-state index in [1.807, 2.05) is 6.07 Å². The molecule has 3 rings (SSSR count). The average Bonchev–Trinajstić information content (AvgIpc) is 2.94. The fourth-order valence-electron chi connectivity index (χ4n) is 3.71. The number of nitrogens with zero attached hydrogens (tertiary/aromatic N) is 1. The van der Waals surface area contributed by atoms with Crippen LogP contribution in [0, 0.1) is 17.8 Å². The average molecular weight is 243 g/mol. The highest BCUT2D eigenvalue weighted by Crippen LogP contribution is 2.46. The first-order valence-corrected chi connectivity index (χ1v) is 7.00. The summed E-state index contributed by atoms with van der Waals surface area (Å²) in [5.41, 5.74) is 1.33. The summed E-state index contributed by atoms with van der Waals surface area (Å²) in [7, 11) is 2.13. The van der Waals surface area contributed by atoms with Crippen molar-refractivity contribution in [1.82, 2.24) is 4.90 Å². The van der Waals surface area contributed by atoms with Crippen molar-refractivity contribution < 1.29 is 4.79 Å². The van der Waals surface area contributed by atoms with E-state index in [1.54, 1.807) is 0 Å². The number of hydrogen-bond acceptors (Lipinski definition) is 2. The van der Waals surface area contributed by atoms with Crippen molar-refractivity contribution >= 4 is 5.78 Å². The molecule has 2 fully saturated rings. The van der Waals surface area contributed by atoms with Crippen LogP contribution in [0.5, 0.6) is 0 Å². The number of fused-ring (bicyclic) bond motifs is 2. The number of ketones is 1. The van der Waals surface area contributed by atoms with Gasteiger partial charge in [-0.1, -0.05) is 30.3 Å². The predicted octanol–water partition coefficient (Wildman–Crippen LogP) is 2.73. The zero-order chi connectivity index (χ0) is 12.5. The van der Waals surface area contributed by atoms with Gasteiger partial charge in [0.05, 0.1) is 0 Å². The quantitative estimate of drug-likeness (QED) is 0.810. The first kappa shape index (κ1) is 11.9. The van der Waals surface area contributed by atoms with E-state index in [1.165, 1.54) is 18.4 Å². The van der Waals surface area contributed by atoms with Crippen molar-refractivity contribution in [1.29, 1.82) is 0 Å². The van der Waals surface area contributed by atoms with E-state index in [0.717, 1.165) is 19.5 Å². The number of Topliss-reactive ketones (excluding diaryl/α,β-unsaturated/α-hetero) is 1. The molecule has 18 heavy (non-hydrogen) atoms. The number of hydrogen-bond donors (Lipinski definition) is 0. The van der Waals surface area contributed by atoms with Crippen molar-refractivity contribution in [2.75, 3.05) is 13.6 Å². The molecule has 2 aliphatic rings. The minimum atomic E-state index is 0.317. The lowest BCUT2D eigenvalue weighted by Gasteiger charge is -2.26. The summed E-state index contributed by atoms with van der Waals surface area (Å²) in [5, 5.41) is 0. The summed E-state index contributed by atoms with van der Waals surface area (Å²) in [6.07, 6.45) is 3.60. The molecule has 2 aliphatic carbocycles. The summed E-state index contributed by atoms with van der Waals surface area (Å²) in [6, 6.07) is 10.5. The lowest BCUT2D eigenvalue weighted by molar-refractivity contribution is -0.126. The van der Waals surface area contributed by atoms with Gasteiger partial charge in [0.25, 0.3) is 0 Å². The normalized spacial score (nSPS) is 30.3. The summed E-state index contributed by atoms with van der Waals surface area (Å²) in [4.78, 5) is 14.4. The van der Waals surface area contributed by atoms with Gasteiger partial charge in [0.2, 0.25) is 0 Å². The maximum atomic E-state index is 12.1. The maximum Gasteiger partial charge on any atom is 0.140 e. The molecule has 0 amide bonds. The smallest absolute Gasteiger partial charge is 0.140 e. The Bertz CT molecular complexity index is 428. The second kappa shape index (κ2) is 4.85. The van der Waals surface area contributed by atoms with Gasteiger partial charge >= 0.3 is 0 Å². The van der Waals surface area contributed by atoms with E-state index in [4.69, 9.17) is 0 Å². The molecule has 2 saturated carbocycles. The molecule has 1 aromatic rings. The van der Waals surface area contributed by atoms with Crippen molar-refractivity contribution in [3.8, 4) is 0 Å². The van der Waals surface area contributed by atoms with Gasteiger partial charge in [-0.3, -0.25) is 4.79 Å². The highest BCUT2D eigenvalue weighted by atomic mass is 16.1. The Hall–Kier alpha value is -1.15. The highest BCUT2D eigenvalue weighted by molar-refractivity contribution is 5.87. The van der Waals surface area contributed by atoms with E-state index in [0.29, 0.717) is 23.5 Å². The zero-order valence-corrected chi connectivity index (χ0v) is 11.0. The Balaban J connectivity index is 1.58. The second-order valence-electron chi connectivity index (χ2n) is 5.96. The van der Waals surface area contributed by atoms with Crippen molar-refractivity contribution in [3.05, 3.63) is 35.9 Å². The van der Waals surface area contributed by atoms with Gasteiger partial charge in [0.1, 0.15) is 5.78 Å². The van der Waals surface area contributed by atoms with Gasteiger partial charge in [-0.2, -0.15) is 0 Å². The van der Waals surface area contributed by atoms with Crippen LogP contribution < -0.4 is 0 Å². The molecule has 0 radical (unpaired) electrons. The van der Waals surface area contributed by atoms with Crippen LogP contribution in [0.25, 0.3) is 0 Å². The fraction of sp³-hybridized carbons (Fsp3) is 0.562. The molecule has 2 bridgehead atoms. The summed E-state index contributed by atoms with van der Waals surface area (Å²) in [6.45, 7) is 1.89. The lowest BCUT2D eigenvalue weighted by atomic mass is 9.87. The van der Waals surface area contributed by atoms with Crippen LogP contribution in [0.1, 0.15) is 24.8 Å². The Morgan fingerprint density at radius 1 is 1.22 bits per heavy atom. The molecule has 1 aromatic carbocycles. The topological polar surface area (TPSA) is 20.3 Å². The van der Waals surface area contributed by atoms with Gasteiger partial charge < -0.3 is 4.90 Å². The Labute approximate surface area is 109 Å². The zero-order valence-electron chi connectivity index (χ0n) is 11.0. The molecule has 0 spiro atoms. The molecule has 0 unspecified atom stereocenters. The van der Waals surface area contributed by atoms with Crippen LogP contribution in [-0.4, -0.2) is 24.3 Å². The van der Waals surface area contributed by atoms with Crippen molar-refractivity contribution in [2.45, 2.75) is 25.8 Å². The predicted molar refractivity (Wildman–Crippen MR) is 72.1 cm³/mol. The van der Waals surface area contributed by atoms with Crippen molar-refractivity contribution in [3.63, 3.8) is 0 Å². The second-order valence-corrected chi connectivity index (χ2v) is 5.96. The first-order valence-electron chi connectivity index (χ1n) is 7.00. The molecule has 0 aromatic heterocycles. The monoisotopic (exact) mass is 243 g/mol. The third-order valence-corrected chi connectivity index (χ3v) is 4.61. The van der Waals surface area contributed by atoms with E-state index < -0.39 is 0 Å². The minimum absolute atomic E-state index is 0.317. The number of carbonyl (C=O) groups excluding carboxylic acids is 1. The fourth-order valence-corrected chi connectivity index (χ4v) is 3.71. The van der Waals surface area contributed by atoms with E-state index in [9.17, 15) is 4.79 Å². The largest absolute Gasteiger partial charge is 0.301 e. The van der Waals surface area contributed by atoms with Gasteiger partial charge in [-0.15, -0.1) is 0 Å². The molecule has 2 nitrogen and oxygen atoms in total. The Morgan fingerprint density at radius 3 is 2.67 bits per heavy atom. The van der Waals surface area contributed by atoms with Crippen LogP contribution in [0.2, 0.25) is 0 Å². The molecular weight excluding hydrogens is 222 g/mol. The van der Waals surface area contributed by atoms with Gasteiger partial charge in [-0.05, 0) is 37.8 Å². The third kappa shape index (κ3) is 2.22. The maximum absolute atomic E-state index is 12.1. The molecular formula is C16H21NO. The summed E-state index contributed by atoms with van der Waals surface area (Å²) >= 11 is 0. The minimum Gasteiger partial charge on any atom is -0.301 e. The van der Waals surface area contributed by atoms with E-state index in [2.05, 4.69) is 36.2 Å². The van der Waals surface area contributed by atoms with Crippen LogP contribution in [0.4, 0.5) is 0 Å². The molecule has 0 N–H and O–H groups in total. The summed E-state index contributed by atoms with van der Waals surface area (Å²) < 4.78 is 0. The van der Waals surface area contributed by atoms with Gasteiger partial charge in [-0.25, -0.2) is 0 Å². The van der Waals surface area contributed by atoms with Gasteiger partial charge in [0.15, 0.2) is 0 Å². The molecule has 96 valence electrons. The lowest BCUT2D eigenvalue weighted by Crippen LogP contribution is -2.33. The number of rotatable bonds is 4. The van der Waals surface area contributed by atoms with Crippen LogP contribution in [-0.2, 0) is 11.3 Å². The third-order valence-electron chi connectivity index (χ3n) is 4.61. The number of carbonyl (C=O) groups is 1. The number of benzene rings is 1. The molecule has 0 saturated heterocycles. The van der Waals surface area contributed by atoms with E-state index in [-0.39, 0.29) is 0 Å². The Morgan fingerprint density at radius 2 is 2.00 bits per heavy atom. The standard InChI is InChI=1S/C16H21NO/c1-17(10-12-5-3-2-4-6-12)11-15-13-7-8-14(9-13)16(15)18/h2-6,13-15H,7-11H2,1H3/t13-,14-,15+/m0/s1. The first-order chi connectivity index (χ1) is 8.74. The Kier molecular flexibility index (Phi) is 3.21. The van der Waals surface area contributed by atoms with Crippen molar-refractivity contribution in [2.24, 2.45) is 17.8 Å². The SMILES string of the molecule is CN(Cc1ccccc1)C[C@H]1C(=O)[C@H]2CC[C@H]1C2. The van der Waals surface area contributed by atoms with Crippen LogP contribution in [0.15, 0.2) is 30.3 Å². The van der Waals surface area contributed by atoms with Crippen LogP contribution in [0.3, 0.4) is 0 Å². The van der Waals surface area contributed by atoms with Gasteiger partial charge in [0, 0.05) is 24.9 Å².